The lowest BCUT2D eigenvalue weighted by atomic mass is 10.2. The van der Waals surface area contributed by atoms with Crippen molar-refractivity contribution in [2.45, 2.75) is 13.5 Å². The highest BCUT2D eigenvalue weighted by Gasteiger charge is 2.15. The number of thiophene rings is 1. The molecular weight excluding hydrogens is 351 g/mol. The van der Waals surface area contributed by atoms with Gasteiger partial charge in [-0.05, 0) is 48.2 Å². The number of fused-ring (bicyclic) bond motifs is 1. The third-order valence-corrected chi connectivity index (χ3v) is 5.19. The Hall–Kier alpha value is -2.99. The molecule has 4 rings (SSSR count). The Kier molecular flexibility index (Phi) is 4.05. The summed E-state index contributed by atoms with van der Waals surface area (Å²) in [5.41, 5.74) is 2.24. The van der Waals surface area contributed by atoms with E-state index in [-0.39, 0.29) is 17.9 Å². The lowest BCUT2D eigenvalue weighted by molar-refractivity contribution is 0.625. The van der Waals surface area contributed by atoms with Crippen LogP contribution in [0.5, 0.6) is 0 Å². The second-order valence-electron chi connectivity index (χ2n) is 6.11. The molecule has 4 aromatic rings. The highest BCUT2D eigenvalue weighted by atomic mass is 32.1. The van der Waals surface area contributed by atoms with E-state index < -0.39 is 5.69 Å². The van der Waals surface area contributed by atoms with Gasteiger partial charge >= 0.3 is 5.69 Å². The third-order valence-electron chi connectivity index (χ3n) is 4.30. The van der Waals surface area contributed by atoms with Gasteiger partial charge in [-0.2, -0.15) is 0 Å². The van der Waals surface area contributed by atoms with Crippen LogP contribution < -0.4 is 11.2 Å². The molecule has 0 fully saturated rings. The van der Waals surface area contributed by atoms with Crippen molar-refractivity contribution in [3.05, 3.63) is 97.8 Å². The van der Waals surface area contributed by atoms with Crippen LogP contribution in [0.4, 0.5) is 4.39 Å². The van der Waals surface area contributed by atoms with Gasteiger partial charge in [0, 0.05) is 0 Å². The first-order chi connectivity index (χ1) is 12.5. The van der Waals surface area contributed by atoms with Crippen molar-refractivity contribution < 1.29 is 4.39 Å². The lowest BCUT2D eigenvalue weighted by Crippen LogP contribution is -2.38. The van der Waals surface area contributed by atoms with E-state index >= 15 is 0 Å². The van der Waals surface area contributed by atoms with Crippen LogP contribution in [-0.4, -0.2) is 9.13 Å². The van der Waals surface area contributed by atoms with Crippen molar-refractivity contribution in [1.29, 1.82) is 0 Å². The predicted molar refractivity (Wildman–Crippen MR) is 102 cm³/mol. The zero-order valence-corrected chi connectivity index (χ0v) is 14.8. The first-order valence-corrected chi connectivity index (χ1v) is 8.97. The van der Waals surface area contributed by atoms with Crippen molar-refractivity contribution in [2.75, 3.05) is 0 Å². The van der Waals surface area contributed by atoms with Gasteiger partial charge in [-0.15, -0.1) is 11.3 Å². The lowest BCUT2D eigenvalue weighted by Gasteiger charge is -2.12. The predicted octanol–water partition coefficient (Wildman–Crippen LogP) is 3.71. The maximum atomic E-state index is 13.2. The van der Waals surface area contributed by atoms with Gasteiger partial charge in [-0.1, -0.05) is 29.8 Å². The molecule has 0 bridgehead atoms. The van der Waals surface area contributed by atoms with Gasteiger partial charge in [0.1, 0.15) is 10.5 Å². The van der Waals surface area contributed by atoms with E-state index in [0.717, 1.165) is 11.1 Å². The molecule has 2 aromatic heterocycles. The molecule has 0 radical (unpaired) electrons. The Bertz CT molecular complexity index is 1200. The molecule has 0 atom stereocenters. The molecule has 0 spiro atoms. The molecule has 0 aliphatic heterocycles. The first-order valence-electron chi connectivity index (χ1n) is 8.09. The molecule has 0 amide bonds. The van der Waals surface area contributed by atoms with Crippen molar-refractivity contribution >= 4 is 21.6 Å². The first kappa shape index (κ1) is 16.5. The summed E-state index contributed by atoms with van der Waals surface area (Å²) < 4.78 is 16.4. The summed E-state index contributed by atoms with van der Waals surface area (Å²) in [5, 5.41) is 1.80. The van der Waals surface area contributed by atoms with Crippen molar-refractivity contribution in [3.8, 4) is 5.69 Å². The number of aromatic nitrogens is 2. The quantitative estimate of drug-likeness (QED) is 0.555. The molecule has 0 saturated carbocycles. The fourth-order valence-electron chi connectivity index (χ4n) is 2.93. The number of hydrogen-bond donors (Lipinski definition) is 0. The number of rotatable bonds is 3. The zero-order valence-electron chi connectivity index (χ0n) is 14.0. The van der Waals surface area contributed by atoms with E-state index in [9.17, 15) is 14.0 Å². The van der Waals surface area contributed by atoms with E-state index in [0.29, 0.717) is 15.9 Å². The Morgan fingerprint density at radius 1 is 0.962 bits per heavy atom. The van der Waals surface area contributed by atoms with Crippen LogP contribution in [0.3, 0.4) is 0 Å². The van der Waals surface area contributed by atoms with Crippen LogP contribution >= 0.6 is 11.3 Å². The molecule has 0 aliphatic rings. The standard InChI is InChI=1S/C20H15FN2O2S/c1-13-2-8-16(9-3-13)23-19(24)18-17(10-11-26-18)22(20(23)25)12-14-4-6-15(21)7-5-14/h2-11H,12H2,1H3. The Labute approximate surface area is 152 Å². The smallest absolute Gasteiger partial charge is 0.288 e. The van der Waals surface area contributed by atoms with E-state index in [2.05, 4.69) is 0 Å². The van der Waals surface area contributed by atoms with Gasteiger partial charge in [-0.25, -0.2) is 13.8 Å². The zero-order chi connectivity index (χ0) is 18.3. The second kappa shape index (κ2) is 6.38. The summed E-state index contributed by atoms with van der Waals surface area (Å²) in [6, 6.07) is 15.0. The van der Waals surface area contributed by atoms with Crippen molar-refractivity contribution in [1.82, 2.24) is 9.13 Å². The molecule has 26 heavy (non-hydrogen) atoms. The van der Waals surface area contributed by atoms with Gasteiger partial charge in [0.05, 0.1) is 17.7 Å². The van der Waals surface area contributed by atoms with Crippen LogP contribution in [0.2, 0.25) is 0 Å². The van der Waals surface area contributed by atoms with Crippen LogP contribution in [0.1, 0.15) is 11.1 Å². The van der Waals surface area contributed by atoms with Crippen molar-refractivity contribution in [3.63, 3.8) is 0 Å². The van der Waals surface area contributed by atoms with E-state index in [1.54, 1.807) is 40.3 Å². The van der Waals surface area contributed by atoms with Gasteiger partial charge in [-0.3, -0.25) is 9.36 Å². The minimum Gasteiger partial charge on any atom is -0.288 e. The number of aryl methyl sites for hydroxylation is 1. The molecule has 0 aliphatic carbocycles. The highest BCUT2D eigenvalue weighted by molar-refractivity contribution is 7.17. The molecule has 2 aromatic carbocycles. The maximum Gasteiger partial charge on any atom is 0.336 e. The molecule has 6 heteroatoms. The minimum absolute atomic E-state index is 0.262. The Morgan fingerprint density at radius 2 is 1.65 bits per heavy atom. The fraction of sp³-hybridized carbons (Fsp3) is 0.100. The van der Waals surface area contributed by atoms with E-state index in [1.165, 1.54) is 28.0 Å². The number of nitrogens with zero attached hydrogens (tertiary/aromatic N) is 2. The van der Waals surface area contributed by atoms with Gasteiger partial charge < -0.3 is 0 Å². The third kappa shape index (κ3) is 2.78. The van der Waals surface area contributed by atoms with Crippen LogP contribution in [0.25, 0.3) is 15.9 Å². The number of halogens is 1. The average Bonchev–Trinajstić information content (AvgIpc) is 3.12. The molecular formula is C20H15FN2O2S. The van der Waals surface area contributed by atoms with E-state index in [1.807, 2.05) is 19.1 Å². The summed E-state index contributed by atoms with van der Waals surface area (Å²) in [7, 11) is 0. The van der Waals surface area contributed by atoms with Gasteiger partial charge in [0.25, 0.3) is 5.56 Å². The minimum atomic E-state index is -0.408. The van der Waals surface area contributed by atoms with Gasteiger partial charge in [0.15, 0.2) is 0 Å². The molecule has 2 heterocycles. The second-order valence-corrected chi connectivity index (χ2v) is 7.02. The monoisotopic (exact) mass is 366 g/mol. The van der Waals surface area contributed by atoms with Crippen LogP contribution in [0.15, 0.2) is 69.6 Å². The number of benzene rings is 2. The molecule has 0 saturated heterocycles. The summed E-state index contributed by atoms with van der Waals surface area (Å²) in [5.74, 6) is -0.327. The summed E-state index contributed by atoms with van der Waals surface area (Å²) in [4.78, 5) is 26.0. The number of hydrogen-bond acceptors (Lipinski definition) is 3. The highest BCUT2D eigenvalue weighted by Crippen LogP contribution is 2.18. The Morgan fingerprint density at radius 3 is 2.35 bits per heavy atom. The summed E-state index contributed by atoms with van der Waals surface area (Å²) in [6.45, 7) is 2.21. The SMILES string of the molecule is Cc1ccc(-n2c(=O)c3sccc3n(Cc3ccc(F)cc3)c2=O)cc1. The normalized spacial score (nSPS) is 11.2. The van der Waals surface area contributed by atoms with Crippen molar-refractivity contribution in [2.24, 2.45) is 0 Å². The average molecular weight is 366 g/mol. The maximum absolute atomic E-state index is 13.2. The molecule has 0 N–H and O–H groups in total. The Balaban J connectivity index is 1.96. The fourth-order valence-corrected chi connectivity index (χ4v) is 3.76. The van der Waals surface area contributed by atoms with E-state index in [4.69, 9.17) is 0 Å². The summed E-state index contributed by atoms with van der Waals surface area (Å²) in [6.07, 6.45) is 0. The van der Waals surface area contributed by atoms with Crippen LogP contribution in [-0.2, 0) is 6.54 Å². The topological polar surface area (TPSA) is 44.0 Å². The summed E-state index contributed by atoms with van der Waals surface area (Å²) >= 11 is 1.31. The molecule has 130 valence electrons. The largest absolute Gasteiger partial charge is 0.336 e. The molecule has 4 nitrogen and oxygen atoms in total. The van der Waals surface area contributed by atoms with Crippen LogP contribution in [0, 0.1) is 12.7 Å². The molecule has 0 unspecified atom stereocenters. The van der Waals surface area contributed by atoms with Gasteiger partial charge in [0.2, 0.25) is 0 Å².